The van der Waals surface area contributed by atoms with E-state index in [1.54, 1.807) is 24.3 Å². The summed E-state index contributed by atoms with van der Waals surface area (Å²) in [5, 5.41) is 5.77. The van der Waals surface area contributed by atoms with Gasteiger partial charge in [-0.3, -0.25) is 13.9 Å². The molecule has 0 fully saturated rings. The first-order valence-electron chi connectivity index (χ1n) is 8.61. The van der Waals surface area contributed by atoms with E-state index in [0.717, 1.165) is 10.6 Å². The highest BCUT2D eigenvalue weighted by Gasteiger charge is 2.24. The maximum atomic E-state index is 12.6. The number of benzene rings is 2. The number of carbonyl (C=O) groups is 2. The number of amides is 2. The number of rotatable bonds is 7. The van der Waals surface area contributed by atoms with Crippen LogP contribution in [0, 0.1) is 0 Å². The molecule has 0 aliphatic heterocycles. The van der Waals surface area contributed by atoms with E-state index in [1.165, 1.54) is 18.2 Å². The molecular formula is C19H21Cl2N3O4S. The van der Waals surface area contributed by atoms with Crippen molar-refractivity contribution in [2.45, 2.75) is 19.9 Å². The molecular weight excluding hydrogens is 437 g/mol. The Kier molecular flexibility index (Phi) is 7.51. The molecule has 29 heavy (non-hydrogen) atoms. The Balaban J connectivity index is 2.27. The monoisotopic (exact) mass is 457 g/mol. The van der Waals surface area contributed by atoms with Gasteiger partial charge in [-0.2, -0.15) is 0 Å². The Morgan fingerprint density at radius 3 is 2.34 bits per heavy atom. The van der Waals surface area contributed by atoms with Crippen molar-refractivity contribution in [3.63, 3.8) is 0 Å². The Morgan fingerprint density at radius 1 is 1.10 bits per heavy atom. The van der Waals surface area contributed by atoms with E-state index < -0.39 is 22.5 Å². The van der Waals surface area contributed by atoms with E-state index in [-0.39, 0.29) is 33.9 Å². The van der Waals surface area contributed by atoms with Crippen LogP contribution in [-0.2, 0) is 14.8 Å². The van der Waals surface area contributed by atoms with Gasteiger partial charge in [0, 0.05) is 11.1 Å². The van der Waals surface area contributed by atoms with Crippen LogP contribution in [0.3, 0.4) is 0 Å². The summed E-state index contributed by atoms with van der Waals surface area (Å²) in [7, 11) is -3.82. The van der Waals surface area contributed by atoms with Gasteiger partial charge in [0.2, 0.25) is 15.9 Å². The van der Waals surface area contributed by atoms with Gasteiger partial charge in [-0.15, -0.1) is 0 Å². The molecule has 2 N–H and O–H groups in total. The fraction of sp³-hybridized carbons (Fsp3) is 0.263. The number of hydrogen-bond acceptors (Lipinski definition) is 4. The Bertz CT molecular complexity index is 1030. The first-order valence-corrected chi connectivity index (χ1v) is 11.2. The van der Waals surface area contributed by atoms with Crippen LogP contribution in [-0.4, -0.2) is 39.1 Å². The van der Waals surface area contributed by atoms with Crippen molar-refractivity contribution in [1.82, 2.24) is 5.32 Å². The quantitative estimate of drug-likeness (QED) is 0.664. The van der Waals surface area contributed by atoms with Crippen LogP contribution in [0.15, 0.2) is 42.5 Å². The summed E-state index contributed by atoms with van der Waals surface area (Å²) in [6.45, 7) is 3.11. The van der Waals surface area contributed by atoms with Crippen molar-refractivity contribution < 1.29 is 18.0 Å². The number of nitrogens with zero attached hydrogens (tertiary/aromatic N) is 1. The standard InChI is InChI=1S/C19H21Cl2N3O4S/c1-12(2)22-19(26)14-6-4-5-7-16(14)23-18(25)11-24(29(3,27)28)17-9-8-13(20)10-15(17)21/h4-10,12H,11H2,1-3H3,(H,22,26)(H,23,25). The molecule has 2 amide bonds. The lowest BCUT2D eigenvalue weighted by molar-refractivity contribution is -0.114. The van der Waals surface area contributed by atoms with E-state index in [2.05, 4.69) is 10.6 Å². The largest absolute Gasteiger partial charge is 0.350 e. The van der Waals surface area contributed by atoms with Crippen LogP contribution in [0.1, 0.15) is 24.2 Å². The van der Waals surface area contributed by atoms with Gasteiger partial charge >= 0.3 is 0 Å². The maximum absolute atomic E-state index is 12.6. The number of hydrogen-bond donors (Lipinski definition) is 2. The maximum Gasteiger partial charge on any atom is 0.253 e. The van der Waals surface area contributed by atoms with Crippen molar-refractivity contribution in [1.29, 1.82) is 0 Å². The van der Waals surface area contributed by atoms with Gasteiger partial charge in [0.25, 0.3) is 5.91 Å². The molecule has 0 saturated heterocycles. The summed E-state index contributed by atoms with van der Waals surface area (Å²) < 4.78 is 25.4. The summed E-state index contributed by atoms with van der Waals surface area (Å²) in [4.78, 5) is 24.9. The molecule has 0 heterocycles. The molecule has 0 spiro atoms. The minimum atomic E-state index is -3.82. The SMILES string of the molecule is CC(C)NC(=O)c1ccccc1NC(=O)CN(c1ccc(Cl)cc1Cl)S(C)(=O)=O. The van der Waals surface area contributed by atoms with Gasteiger partial charge in [-0.1, -0.05) is 35.3 Å². The van der Waals surface area contributed by atoms with E-state index in [4.69, 9.17) is 23.2 Å². The van der Waals surface area contributed by atoms with Gasteiger partial charge in [0.05, 0.1) is 28.2 Å². The van der Waals surface area contributed by atoms with Crippen molar-refractivity contribution in [2.75, 3.05) is 22.4 Å². The fourth-order valence-electron chi connectivity index (χ4n) is 2.51. The van der Waals surface area contributed by atoms with Crippen LogP contribution in [0.4, 0.5) is 11.4 Å². The first kappa shape index (κ1) is 23.0. The lowest BCUT2D eigenvalue weighted by Crippen LogP contribution is -2.38. The molecule has 0 bridgehead atoms. The van der Waals surface area contributed by atoms with Crippen LogP contribution in [0.2, 0.25) is 10.0 Å². The molecule has 0 saturated carbocycles. The smallest absolute Gasteiger partial charge is 0.253 e. The second-order valence-corrected chi connectivity index (χ2v) is 9.34. The summed E-state index contributed by atoms with van der Waals surface area (Å²) in [6.07, 6.45) is 0.968. The summed E-state index contributed by atoms with van der Waals surface area (Å²) in [6, 6.07) is 10.7. The second-order valence-electron chi connectivity index (χ2n) is 6.59. The van der Waals surface area contributed by atoms with Gasteiger partial charge < -0.3 is 10.6 Å². The molecule has 7 nitrogen and oxygen atoms in total. The first-order chi connectivity index (χ1) is 13.5. The van der Waals surface area contributed by atoms with Crippen molar-refractivity contribution in [2.24, 2.45) is 0 Å². The zero-order chi connectivity index (χ0) is 21.8. The third kappa shape index (κ3) is 6.35. The van der Waals surface area contributed by atoms with E-state index >= 15 is 0 Å². The van der Waals surface area contributed by atoms with Crippen molar-refractivity contribution >= 4 is 56.4 Å². The van der Waals surface area contributed by atoms with Gasteiger partial charge in [0.15, 0.2) is 0 Å². The molecule has 2 rings (SSSR count). The number of anilines is 2. The van der Waals surface area contributed by atoms with E-state index in [1.807, 2.05) is 13.8 Å². The Hall–Kier alpha value is -2.29. The van der Waals surface area contributed by atoms with Crippen molar-refractivity contribution in [3.05, 3.63) is 58.1 Å². The number of halogens is 2. The van der Waals surface area contributed by atoms with Crippen LogP contribution in [0.25, 0.3) is 0 Å². The average molecular weight is 458 g/mol. The predicted octanol–water partition coefficient (Wildman–Crippen LogP) is 3.54. The highest BCUT2D eigenvalue weighted by Crippen LogP contribution is 2.30. The molecule has 0 aromatic heterocycles. The fourth-order valence-corrected chi connectivity index (χ4v) is 3.94. The third-order valence-electron chi connectivity index (χ3n) is 3.73. The lowest BCUT2D eigenvalue weighted by atomic mass is 10.1. The average Bonchev–Trinajstić information content (AvgIpc) is 2.59. The van der Waals surface area contributed by atoms with Crippen molar-refractivity contribution in [3.8, 4) is 0 Å². The molecule has 0 radical (unpaired) electrons. The van der Waals surface area contributed by atoms with Crippen LogP contribution in [0.5, 0.6) is 0 Å². The minimum absolute atomic E-state index is 0.0842. The number of sulfonamides is 1. The predicted molar refractivity (Wildman–Crippen MR) is 116 cm³/mol. The summed E-state index contributed by atoms with van der Waals surface area (Å²) in [5.41, 5.74) is 0.663. The van der Waals surface area contributed by atoms with E-state index in [9.17, 15) is 18.0 Å². The van der Waals surface area contributed by atoms with Gasteiger partial charge in [0.1, 0.15) is 6.54 Å². The van der Waals surface area contributed by atoms with Crippen LogP contribution < -0.4 is 14.9 Å². The number of para-hydroxylation sites is 1. The number of nitrogens with one attached hydrogen (secondary N) is 2. The second kappa shape index (κ2) is 9.47. The molecule has 2 aromatic carbocycles. The zero-order valence-corrected chi connectivity index (χ0v) is 18.4. The third-order valence-corrected chi connectivity index (χ3v) is 5.40. The molecule has 2 aromatic rings. The lowest BCUT2D eigenvalue weighted by Gasteiger charge is -2.23. The molecule has 0 atom stereocenters. The number of carbonyl (C=O) groups excluding carboxylic acids is 2. The van der Waals surface area contributed by atoms with Crippen LogP contribution >= 0.6 is 23.2 Å². The molecule has 0 aliphatic rings. The Morgan fingerprint density at radius 2 is 1.76 bits per heavy atom. The summed E-state index contributed by atoms with van der Waals surface area (Å²) in [5.74, 6) is -0.983. The highest BCUT2D eigenvalue weighted by molar-refractivity contribution is 7.92. The molecule has 0 unspecified atom stereocenters. The Labute approximate surface area is 180 Å². The highest BCUT2D eigenvalue weighted by atomic mass is 35.5. The van der Waals surface area contributed by atoms with E-state index in [0.29, 0.717) is 5.02 Å². The normalized spacial score (nSPS) is 11.2. The van der Waals surface area contributed by atoms with Gasteiger partial charge in [-0.25, -0.2) is 8.42 Å². The molecule has 0 aliphatic carbocycles. The summed E-state index contributed by atoms with van der Waals surface area (Å²) >= 11 is 12.0. The molecule has 10 heteroatoms. The molecule has 156 valence electrons. The van der Waals surface area contributed by atoms with Gasteiger partial charge in [-0.05, 0) is 44.2 Å². The zero-order valence-electron chi connectivity index (χ0n) is 16.1. The minimum Gasteiger partial charge on any atom is -0.350 e. The topological polar surface area (TPSA) is 95.6 Å².